The molecule has 2 rings (SSSR count). The molecule has 2 aromatic rings. The van der Waals surface area contributed by atoms with Crippen molar-refractivity contribution < 1.29 is 17.9 Å². The molecule has 1 amide bonds. The zero-order valence-electron chi connectivity index (χ0n) is 17.0. The molecule has 0 saturated carbocycles. The van der Waals surface area contributed by atoms with Gasteiger partial charge in [-0.15, -0.1) is 0 Å². The fourth-order valence-electron chi connectivity index (χ4n) is 3.08. The van der Waals surface area contributed by atoms with E-state index in [0.717, 1.165) is 27.3 Å². The summed E-state index contributed by atoms with van der Waals surface area (Å²) in [6.07, 6.45) is 1.09. The molecule has 0 bridgehead atoms. The van der Waals surface area contributed by atoms with Crippen LogP contribution in [0.15, 0.2) is 42.5 Å². The molecule has 0 fully saturated rings. The zero-order chi connectivity index (χ0) is 20.9. The Hall–Kier alpha value is -2.54. The van der Waals surface area contributed by atoms with Gasteiger partial charge in [0.2, 0.25) is 15.9 Å². The molecule has 0 heterocycles. The molecule has 28 heavy (non-hydrogen) atoms. The van der Waals surface area contributed by atoms with Gasteiger partial charge in [-0.05, 0) is 63.1 Å². The number of hydrogen-bond donors (Lipinski definition) is 1. The maximum Gasteiger partial charge on any atom is 0.241 e. The van der Waals surface area contributed by atoms with E-state index < -0.39 is 10.0 Å². The summed E-state index contributed by atoms with van der Waals surface area (Å²) in [5, 5.41) is 2.89. The van der Waals surface area contributed by atoms with Gasteiger partial charge in [0.05, 0.1) is 24.6 Å². The average Bonchev–Trinajstić information content (AvgIpc) is 2.59. The van der Waals surface area contributed by atoms with Gasteiger partial charge in [-0.25, -0.2) is 8.42 Å². The molecule has 0 radical (unpaired) electrons. The van der Waals surface area contributed by atoms with Gasteiger partial charge in [-0.3, -0.25) is 9.10 Å². The minimum atomic E-state index is -3.62. The Morgan fingerprint density at radius 2 is 1.79 bits per heavy atom. The largest absolute Gasteiger partial charge is 0.494 e. The molecule has 152 valence electrons. The minimum Gasteiger partial charge on any atom is -0.494 e. The van der Waals surface area contributed by atoms with E-state index in [0.29, 0.717) is 18.0 Å². The molecule has 0 spiro atoms. The van der Waals surface area contributed by atoms with Crippen molar-refractivity contribution in [1.82, 2.24) is 5.32 Å². The summed E-state index contributed by atoms with van der Waals surface area (Å²) in [7, 11) is -3.62. The molecule has 0 aliphatic carbocycles. The molecule has 0 aromatic heterocycles. The lowest BCUT2D eigenvalue weighted by molar-refractivity contribution is -0.120. The number of benzene rings is 2. The van der Waals surface area contributed by atoms with Gasteiger partial charge in [0, 0.05) is 0 Å². The lowest BCUT2D eigenvalue weighted by Crippen LogP contribution is -2.41. The quantitative estimate of drug-likeness (QED) is 0.732. The maximum atomic E-state index is 12.6. The van der Waals surface area contributed by atoms with Gasteiger partial charge >= 0.3 is 0 Å². The lowest BCUT2D eigenvalue weighted by Gasteiger charge is -2.24. The average molecular weight is 405 g/mol. The number of carbonyl (C=O) groups is 1. The van der Waals surface area contributed by atoms with Crippen LogP contribution >= 0.6 is 0 Å². The molecule has 7 heteroatoms. The number of sulfonamides is 1. The predicted molar refractivity (Wildman–Crippen MR) is 112 cm³/mol. The van der Waals surface area contributed by atoms with E-state index in [1.165, 1.54) is 0 Å². The van der Waals surface area contributed by atoms with Crippen LogP contribution in [-0.4, -0.2) is 33.7 Å². The first-order valence-electron chi connectivity index (χ1n) is 9.19. The number of hydrogen-bond acceptors (Lipinski definition) is 4. The number of amides is 1. The first-order chi connectivity index (χ1) is 13.1. The van der Waals surface area contributed by atoms with E-state index in [4.69, 9.17) is 4.74 Å². The summed E-state index contributed by atoms with van der Waals surface area (Å²) in [4.78, 5) is 12.6. The van der Waals surface area contributed by atoms with Gasteiger partial charge in [0.1, 0.15) is 12.3 Å². The monoisotopic (exact) mass is 404 g/mol. The third-order valence-electron chi connectivity index (χ3n) is 4.39. The first-order valence-corrected chi connectivity index (χ1v) is 11.0. The van der Waals surface area contributed by atoms with Crippen LogP contribution in [-0.2, 0) is 14.8 Å². The highest BCUT2D eigenvalue weighted by Gasteiger charge is 2.22. The number of anilines is 1. The summed E-state index contributed by atoms with van der Waals surface area (Å²) in [5.41, 5.74) is 3.66. The highest BCUT2D eigenvalue weighted by molar-refractivity contribution is 7.92. The maximum absolute atomic E-state index is 12.6. The third-order valence-corrected chi connectivity index (χ3v) is 5.53. The van der Waals surface area contributed by atoms with Gasteiger partial charge in [-0.2, -0.15) is 0 Å². The molecule has 0 aliphatic heterocycles. The van der Waals surface area contributed by atoms with E-state index in [2.05, 4.69) is 11.4 Å². The smallest absolute Gasteiger partial charge is 0.241 e. The van der Waals surface area contributed by atoms with Crippen molar-refractivity contribution in [2.24, 2.45) is 0 Å². The van der Waals surface area contributed by atoms with Crippen LogP contribution in [0.1, 0.15) is 36.6 Å². The van der Waals surface area contributed by atoms with Crippen LogP contribution in [0.2, 0.25) is 0 Å². The number of carbonyl (C=O) groups excluding carboxylic acids is 1. The topological polar surface area (TPSA) is 75.7 Å². The highest BCUT2D eigenvalue weighted by atomic mass is 32.2. The van der Waals surface area contributed by atoms with Crippen molar-refractivity contribution >= 4 is 21.6 Å². The molecule has 0 saturated heterocycles. The Labute approximate surface area is 167 Å². The van der Waals surface area contributed by atoms with E-state index in [1.54, 1.807) is 24.3 Å². The molecule has 0 unspecified atom stereocenters. The Morgan fingerprint density at radius 3 is 2.32 bits per heavy atom. The predicted octanol–water partition coefficient (Wildman–Crippen LogP) is 3.35. The third kappa shape index (κ3) is 5.73. The minimum absolute atomic E-state index is 0.227. The Bertz CT molecular complexity index is 924. The van der Waals surface area contributed by atoms with Crippen LogP contribution in [0.25, 0.3) is 0 Å². The van der Waals surface area contributed by atoms with Crippen molar-refractivity contribution in [3.8, 4) is 5.75 Å². The number of nitrogens with zero attached hydrogens (tertiary/aromatic N) is 1. The standard InChI is InChI=1S/C21H28N2O4S/c1-6-27-19-10-8-18(9-11-19)23(28(5,25)26)14-21(24)22-17(4)20-12-7-15(2)13-16(20)3/h7-13,17H,6,14H2,1-5H3,(H,22,24)/t17-/m1/s1. The number of aryl methyl sites for hydroxylation is 2. The van der Waals surface area contributed by atoms with Crippen molar-refractivity contribution in [3.05, 3.63) is 59.2 Å². The summed E-state index contributed by atoms with van der Waals surface area (Å²) in [6, 6.07) is 12.4. The van der Waals surface area contributed by atoms with Crippen LogP contribution in [0, 0.1) is 13.8 Å². The summed E-state index contributed by atoms with van der Waals surface area (Å²) >= 11 is 0. The highest BCUT2D eigenvalue weighted by Crippen LogP contribution is 2.22. The molecular formula is C21H28N2O4S. The fraction of sp³-hybridized carbons (Fsp3) is 0.381. The van der Waals surface area contributed by atoms with Crippen LogP contribution in [0.3, 0.4) is 0 Å². The summed E-state index contributed by atoms with van der Waals surface area (Å²) in [5.74, 6) is 0.277. The van der Waals surface area contributed by atoms with Gasteiger partial charge in [0.25, 0.3) is 0 Å². The number of nitrogens with one attached hydrogen (secondary N) is 1. The number of ether oxygens (including phenoxy) is 1. The van der Waals surface area contributed by atoms with Crippen LogP contribution in [0.4, 0.5) is 5.69 Å². The lowest BCUT2D eigenvalue weighted by atomic mass is 10.0. The Morgan fingerprint density at radius 1 is 1.14 bits per heavy atom. The molecular weight excluding hydrogens is 376 g/mol. The van der Waals surface area contributed by atoms with E-state index in [1.807, 2.05) is 39.8 Å². The van der Waals surface area contributed by atoms with E-state index in [-0.39, 0.29) is 18.5 Å². The molecule has 0 aliphatic rings. The fourth-order valence-corrected chi connectivity index (χ4v) is 3.94. The van der Waals surface area contributed by atoms with Gasteiger partial charge in [-0.1, -0.05) is 23.8 Å². The second kappa shape index (κ2) is 9.10. The molecule has 2 aromatic carbocycles. The van der Waals surface area contributed by atoms with Crippen molar-refractivity contribution in [3.63, 3.8) is 0 Å². The molecule has 1 atom stereocenters. The zero-order valence-corrected chi connectivity index (χ0v) is 17.8. The van der Waals surface area contributed by atoms with Crippen LogP contribution in [0.5, 0.6) is 5.75 Å². The SMILES string of the molecule is CCOc1ccc(N(CC(=O)N[C@H](C)c2ccc(C)cc2C)S(C)(=O)=O)cc1. The Kier molecular flexibility index (Phi) is 7.07. The van der Waals surface area contributed by atoms with Gasteiger partial charge < -0.3 is 10.1 Å². The van der Waals surface area contributed by atoms with E-state index >= 15 is 0 Å². The molecule has 6 nitrogen and oxygen atoms in total. The number of rotatable bonds is 8. The molecule has 1 N–H and O–H groups in total. The van der Waals surface area contributed by atoms with Crippen molar-refractivity contribution in [2.75, 3.05) is 23.7 Å². The van der Waals surface area contributed by atoms with Crippen molar-refractivity contribution in [1.29, 1.82) is 0 Å². The normalized spacial score (nSPS) is 12.3. The van der Waals surface area contributed by atoms with Crippen LogP contribution < -0.4 is 14.4 Å². The summed E-state index contributed by atoms with van der Waals surface area (Å²) < 4.78 is 31.0. The second-order valence-corrected chi connectivity index (χ2v) is 8.75. The van der Waals surface area contributed by atoms with Crippen molar-refractivity contribution in [2.45, 2.75) is 33.7 Å². The van der Waals surface area contributed by atoms with E-state index in [9.17, 15) is 13.2 Å². The second-order valence-electron chi connectivity index (χ2n) is 6.85. The summed E-state index contributed by atoms with van der Waals surface area (Å²) in [6.45, 7) is 8.00. The van der Waals surface area contributed by atoms with Gasteiger partial charge in [0.15, 0.2) is 0 Å². The Balaban J connectivity index is 2.14. The first kappa shape index (κ1) is 21.8.